The van der Waals surface area contributed by atoms with Crippen LogP contribution in [-0.2, 0) is 0 Å². The van der Waals surface area contributed by atoms with E-state index in [0.29, 0.717) is 11.1 Å². The largest absolute Gasteiger partial charge is 0.428 e. The molecule has 0 N–H and O–H groups in total. The fourth-order valence-corrected chi connectivity index (χ4v) is 1.20. The van der Waals surface area contributed by atoms with Crippen LogP contribution < -0.4 is 0 Å². The molecule has 1 aromatic carbocycles. The van der Waals surface area contributed by atoms with E-state index in [1.165, 1.54) is 18.2 Å². The zero-order chi connectivity index (χ0) is 9.42. The summed E-state index contributed by atoms with van der Waals surface area (Å²) in [7, 11) is 0. The van der Waals surface area contributed by atoms with Crippen molar-refractivity contribution in [2.24, 2.45) is 0 Å². The first-order valence-electron chi connectivity index (χ1n) is 3.39. The summed E-state index contributed by atoms with van der Waals surface area (Å²) in [6.07, 6.45) is 0. The van der Waals surface area contributed by atoms with Crippen molar-refractivity contribution in [2.75, 3.05) is 0 Å². The lowest BCUT2D eigenvalue weighted by Crippen LogP contribution is -1.86. The van der Waals surface area contributed by atoms with Crippen molar-refractivity contribution in [1.29, 1.82) is 0 Å². The molecule has 0 aliphatic heterocycles. The second kappa shape index (κ2) is 2.67. The van der Waals surface area contributed by atoms with Gasteiger partial charge in [-0.1, -0.05) is 0 Å². The Morgan fingerprint density at radius 3 is 3.00 bits per heavy atom. The van der Waals surface area contributed by atoms with Crippen molar-refractivity contribution in [3.05, 3.63) is 28.3 Å². The molecule has 1 heterocycles. The highest BCUT2D eigenvalue weighted by Gasteiger charge is 2.09. The molecule has 0 amide bonds. The molecule has 0 unspecified atom stereocenters. The second-order valence-corrected chi connectivity index (χ2v) is 2.74. The molecule has 2 rings (SSSR count). The Kier molecular flexibility index (Phi) is 1.63. The van der Waals surface area contributed by atoms with Gasteiger partial charge in [0.1, 0.15) is 5.52 Å². The first-order valence-corrected chi connectivity index (χ1v) is 3.79. The van der Waals surface area contributed by atoms with Crippen molar-refractivity contribution >= 4 is 29.4 Å². The highest BCUT2D eigenvalue weighted by Crippen LogP contribution is 2.22. The van der Waals surface area contributed by atoms with E-state index < -0.39 is 4.92 Å². The molecule has 0 spiro atoms. The van der Waals surface area contributed by atoms with Crippen LogP contribution in [0, 0.1) is 10.1 Å². The lowest BCUT2D eigenvalue weighted by molar-refractivity contribution is -0.384. The fourth-order valence-electron chi connectivity index (χ4n) is 1.01. The van der Waals surface area contributed by atoms with Gasteiger partial charge in [0.05, 0.1) is 4.92 Å². The number of nitro groups is 1. The van der Waals surface area contributed by atoms with Gasteiger partial charge in [-0.15, -0.1) is 0 Å². The Hall–Kier alpha value is -1.69. The van der Waals surface area contributed by atoms with Gasteiger partial charge in [0, 0.05) is 12.1 Å². The monoisotopic (exact) mass is 195 g/mol. The molecule has 65 valence electrons. The van der Waals surface area contributed by atoms with Gasteiger partial charge in [-0.05, 0) is 18.7 Å². The third-order valence-corrected chi connectivity index (χ3v) is 1.74. The number of benzene rings is 1. The molecule has 0 aliphatic rings. The number of rotatable bonds is 1. The van der Waals surface area contributed by atoms with Crippen LogP contribution in [0.5, 0.6) is 0 Å². The van der Waals surface area contributed by atoms with Crippen molar-refractivity contribution in [3.63, 3.8) is 0 Å². The molecule has 0 saturated carbocycles. The van der Waals surface area contributed by atoms with Crippen molar-refractivity contribution in [3.8, 4) is 0 Å². The van der Waals surface area contributed by atoms with Gasteiger partial charge >= 0.3 is 0 Å². The molecular formula is C7H3N2O3S. The topological polar surface area (TPSA) is 69.2 Å². The van der Waals surface area contributed by atoms with Crippen LogP contribution >= 0.6 is 12.6 Å². The number of aromatic nitrogens is 1. The summed E-state index contributed by atoms with van der Waals surface area (Å²) in [6, 6.07) is 4.16. The number of non-ortho nitro benzene ring substituents is 1. The third kappa shape index (κ3) is 1.31. The Bertz CT molecular complexity index is 480. The van der Waals surface area contributed by atoms with E-state index in [9.17, 15) is 10.1 Å². The average Bonchev–Trinajstić information content (AvgIpc) is 2.42. The van der Waals surface area contributed by atoms with Gasteiger partial charge in [0.25, 0.3) is 10.9 Å². The Morgan fingerprint density at radius 2 is 2.31 bits per heavy atom. The van der Waals surface area contributed by atoms with Crippen LogP contribution in [0.1, 0.15) is 0 Å². The van der Waals surface area contributed by atoms with Crippen molar-refractivity contribution in [1.82, 2.24) is 4.98 Å². The maximum atomic E-state index is 10.4. The van der Waals surface area contributed by atoms with Gasteiger partial charge < -0.3 is 4.42 Å². The van der Waals surface area contributed by atoms with E-state index in [-0.39, 0.29) is 10.9 Å². The Balaban J connectivity index is 2.67. The minimum absolute atomic E-state index is 0.0178. The van der Waals surface area contributed by atoms with Crippen LogP contribution in [0.15, 0.2) is 27.8 Å². The second-order valence-electron chi connectivity index (χ2n) is 2.39. The van der Waals surface area contributed by atoms with Gasteiger partial charge in [-0.3, -0.25) is 10.1 Å². The number of nitro benzene ring substituents is 1. The summed E-state index contributed by atoms with van der Waals surface area (Å²) < 4.78 is 4.98. The summed E-state index contributed by atoms with van der Waals surface area (Å²) in [5.41, 5.74) is 0.866. The number of hydrogen-bond acceptors (Lipinski definition) is 4. The molecule has 6 heteroatoms. The van der Waals surface area contributed by atoms with Crippen LogP contribution in [0.25, 0.3) is 11.1 Å². The summed E-state index contributed by atoms with van der Waals surface area (Å²) >= 11 is 4.67. The van der Waals surface area contributed by atoms with E-state index >= 15 is 0 Å². The van der Waals surface area contributed by atoms with E-state index in [1.807, 2.05) is 0 Å². The van der Waals surface area contributed by atoms with Gasteiger partial charge in [-0.2, -0.15) is 4.98 Å². The minimum atomic E-state index is -0.489. The van der Waals surface area contributed by atoms with E-state index in [2.05, 4.69) is 17.6 Å². The summed E-state index contributed by atoms with van der Waals surface area (Å²) in [4.78, 5) is 13.7. The lowest BCUT2D eigenvalue weighted by Gasteiger charge is -1.88. The molecule has 0 aliphatic carbocycles. The molecule has 5 nitrogen and oxygen atoms in total. The van der Waals surface area contributed by atoms with Crippen LogP contribution in [0.3, 0.4) is 0 Å². The number of oxazole rings is 1. The van der Waals surface area contributed by atoms with Gasteiger partial charge in [0.2, 0.25) is 0 Å². The molecule has 1 aromatic heterocycles. The third-order valence-electron chi connectivity index (χ3n) is 1.56. The van der Waals surface area contributed by atoms with Crippen molar-refractivity contribution < 1.29 is 9.34 Å². The minimum Gasteiger partial charge on any atom is -0.428 e. The molecule has 0 fully saturated rings. The smallest absolute Gasteiger partial charge is 0.289 e. The molecular weight excluding hydrogens is 192 g/mol. The Morgan fingerprint density at radius 1 is 1.54 bits per heavy atom. The SMILES string of the molecule is O=[N+]([O-])c1ccc2oc([S])nc2c1. The first kappa shape index (κ1) is 7.93. The number of fused-ring (bicyclic) bond motifs is 1. The maximum absolute atomic E-state index is 10.4. The molecule has 13 heavy (non-hydrogen) atoms. The molecule has 0 atom stereocenters. The van der Waals surface area contributed by atoms with E-state index in [0.717, 1.165) is 0 Å². The van der Waals surface area contributed by atoms with Gasteiger partial charge in [-0.25, -0.2) is 0 Å². The summed E-state index contributed by atoms with van der Waals surface area (Å²) in [5, 5.41) is 10.5. The number of nitrogens with zero attached hydrogens (tertiary/aromatic N) is 2. The quantitative estimate of drug-likeness (QED) is 0.517. The predicted octanol–water partition coefficient (Wildman–Crippen LogP) is 2.29. The van der Waals surface area contributed by atoms with Gasteiger partial charge in [0.15, 0.2) is 5.58 Å². The molecule has 0 saturated heterocycles. The van der Waals surface area contributed by atoms with E-state index in [1.54, 1.807) is 0 Å². The molecule has 0 bridgehead atoms. The van der Waals surface area contributed by atoms with Crippen LogP contribution in [-0.4, -0.2) is 9.91 Å². The maximum Gasteiger partial charge on any atom is 0.289 e. The molecule has 1 radical (unpaired) electrons. The lowest BCUT2D eigenvalue weighted by atomic mass is 10.3. The number of hydrogen-bond donors (Lipinski definition) is 0. The summed E-state index contributed by atoms with van der Waals surface area (Å²) in [6.45, 7) is 0. The fraction of sp³-hybridized carbons (Fsp3) is 0. The zero-order valence-electron chi connectivity index (χ0n) is 6.26. The first-order chi connectivity index (χ1) is 6.16. The normalized spacial score (nSPS) is 10.5. The van der Waals surface area contributed by atoms with Crippen LogP contribution in [0.2, 0.25) is 0 Å². The average molecular weight is 195 g/mol. The standard InChI is InChI=1S/C7H3N2O3S/c10-9(11)4-1-2-6-5(3-4)8-7(13)12-6/h1-3H. The van der Waals surface area contributed by atoms with Crippen LogP contribution in [0.4, 0.5) is 5.69 Å². The Labute approximate surface area is 77.9 Å². The summed E-state index contributed by atoms with van der Waals surface area (Å²) in [5.74, 6) is 0. The highest BCUT2D eigenvalue weighted by molar-refractivity contribution is 7.80. The zero-order valence-corrected chi connectivity index (χ0v) is 7.08. The highest BCUT2D eigenvalue weighted by atomic mass is 32.1. The molecule has 2 aromatic rings. The predicted molar refractivity (Wildman–Crippen MR) is 46.5 cm³/mol. The van der Waals surface area contributed by atoms with Crippen molar-refractivity contribution in [2.45, 2.75) is 5.22 Å². The van der Waals surface area contributed by atoms with E-state index in [4.69, 9.17) is 4.42 Å².